The van der Waals surface area contributed by atoms with Crippen LogP contribution in [-0.2, 0) is 16.4 Å². The van der Waals surface area contributed by atoms with E-state index >= 15 is 0 Å². The Kier molecular flexibility index (Phi) is 13.0. The van der Waals surface area contributed by atoms with E-state index in [2.05, 4.69) is 16.0 Å². The highest BCUT2D eigenvalue weighted by Crippen LogP contribution is 2.24. The summed E-state index contributed by atoms with van der Waals surface area (Å²) in [4.78, 5) is 27.5. The molecular formula is C38H46N4O7S. The molecule has 12 heteroatoms. The molecule has 0 aliphatic rings. The molecule has 0 bridgehead atoms. The van der Waals surface area contributed by atoms with Gasteiger partial charge < -0.3 is 30.5 Å². The Hall–Kier alpha value is -4.91. The predicted octanol–water partition coefficient (Wildman–Crippen LogP) is 4.64. The van der Waals surface area contributed by atoms with Crippen LogP contribution in [0.25, 0.3) is 0 Å². The highest BCUT2D eigenvalue weighted by Gasteiger charge is 2.25. The highest BCUT2D eigenvalue weighted by atomic mass is 32.2. The van der Waals surface area contributed by atoms with Crippen molar-refractivity contribution in [3.63, 3.8) is 0 Å². The molecule has 4 aromatic carbocycles. The Morgan fingerprint density at radius 2 is 1.38 bits per heavy atom. The van der Waals surface area contributed by atoms with Crippen LogP contribution in [0.5, 0.6) is 11.5 Å². The SMILES string of the molecule is COc1ccc([C@@H](C)NC[C@@H](O)[C@H](Cc2ccccc2)NC(=O)c2cc(C(=O)N[C@H](C)c3cccc(OC)c3)cc(N(C)S(C)(=O)=O)c2)cc1. The van der Waals surface area contributed by atoms with Crippen LogP contribution in [0.3, 0.4) is 0 Å². The third-order valence-corrected chi connectivity index (χ3v) is 9.78. The fourth-order valence-corrected chi connectivity index (χ4v) is 5.86. The molecule has 266 valence electrons. The van der Waals surface area contributed by atoms with Gasteiger partial charge >= 0.3 is 0 Å². The number of nitrogens with zero attached hydrogens (tertiary/aromatic N) is 1. The molecule has 4 aromatic rings. The number of anilines is 1. The first-order valence-electron chi connectivity index (χ1n) is 16.2. The predicted molar refractivity (Wildman–Crippen MR) is 195 cm³/mol. The third kappa shape index (κ3) is 10.3. The Morgan fingerprint density at radius 1 is 0.760 bits per heavy atom. The molecule has 4 N–H and O–H groups in total. The van der Waals surface area contributed by atoms with Gasteiger partial charge in [-0.2, -0.15) is 0 Å². The summed E-state index contributed by atoms with van der Waals surface area (Å²) in [6.45, 7) is 3.95. The van der Waals surface area contributed by atoms with Crippen molar-refractivity contribution in [2.75, 3.05) is 38.4 Å². The number of nitrogens with one attached hydrogen (secondary N) is 3. The fourth-order valence-electron chi connectivity index (χ4n) is 5.37. The van der Waals surface area contributed by atoms with Gasteiger partial charge in [-0.3, -0.25) is 13.9 Å². The summed E-state index contributed by atoms with van der Waals surface area (Å²) >= 11 is 0. The van der Waals surface area contributed by atoms with Crippen LogP contribution in [0.15, 0.2) is 97.1 Å². The molecule has 0 unspecified atom stereocenters. The van der Waals surface area contributed by atoms with Gasteiger partial charge in [-0.05, 0) is 79.4 Å². The number of amides is 2. The van der Waals surface area contributed by atoms with Crippen LogP contribution in [-0.4, -0.2) is 71.6 Å². The van der Waals surface area contributed by atoms with Crippen molar-refractivity contribution in [1.29, 1.82) is 0 Å². The van der Waals surface area contributed by atoms with Gasteiger partial charge in [0.05, 0.1) is 44.4 Å². The van der Waals surface area contributed by atoms with Crippen molar-refractivity contribution in [3.8, 4) is 11.5 Å². The number of rotatable bonds is 16. The number of methoxy groups -OCH3 is 2. The lowest BCUT2D eigenvalue weighted by Gasteiger charge is -2.27. The Balaban J connectivity index is 1.59. The molecule has 0 saturated heterocycles. The maximum Gasteiger partial charge on any atom is 0.251 e. The largest absolute Gasteiger partial charge is 0.497 e. The average Bonchev–Trinajstić information content (AvgIpc) is 3.12. The summed E-state index contributed by atoms with van der Waals surface area (Å²) in [5.74, 6) is 0.296. The summed E-state index contributed by atoms with van der Waals surface area (Å²) in [5, 5.41) is 20.6. The molecule has 2 amide bonds. The first kappa shape index (κ1) is 37.9. The monoisotopic (exact) mass is 702 g/mol. The van der Waals surface area contributed by atoms with Crippen LogP contribution in [0, 0.1) is 0 Å². The molecule has 11 nitrogen and oxygen atoms in total. The van der Waals surface area contributed by atoms with Gasteiger partial charge in [0.2, 0.25) is 10.0 Å². The third-order valence-electron chi connectivity index (χ3n) is 8.57. The van der Waals surface area contributed by atoms with Gasteiger partial charge in [0.25, 0.3) is 11.8 Å². The quantitative estimate of drug-likeness (QED) is 0.132. The van der Waals surface area contributed by atoms with Crippen LogP contribution >= 0.6 is 0 Å². The summed E-state index contributed by atoms with van der Waals surface area (Å²) in [6.07, 6.45) is 0.352. The number of aliphatic hydroxyl groups is 1. The Bertz CT molecular complexity index is 1850. The van der Waals surface area contributed by atoms with E-state index in [9.17, 15) is 23.1 Å². The molecule has 0 spiro atoms. The zero-order valence-electron chi connectivity index (χ0n) is 29.2. The van der Waals surface area contributed by atoms with Gasteiger partial charge in [0.15, 0.2) is 0 Å². The normalized spacial score (nSPS) is 13.7. The maximum atomic E-state index is 13.9. The number of hydrogen-bond acceptors (Lipinski definition) is 8. The smallest absolute Gasteiger partial charge is 0.251 e. The molecule has 4 atom stereocenters. The van der Waals surface area contributed by atoms with Crippen LogP contribution < -0.4 is 29.7 Å². The number of ether oxygens (including phenoxy) is 2. The van der Waals surface area contributed by atoms with Crippen molar-refractivity contribution in [2.24, 2.45) is 0 Å². The summed E-state index contributed by atoms with van der Waals surface area (Å²) in [5.41, 5.74) is 2.98. The Morgan fingerprint density at radius 3 is 1.98 bits per heavy atom. The van der Waals surface area contributed by atoms with Crippen molar-refractivity contribution < 1.29 is 32.6 Å². The number of benzene rings is 4. The van der Waals surface area contributed by atoms with Crippen LogP contribution in [0.1, 0.15) is 63.3 Å². The fraction of sp³-hybridized carbons (Fsp3) is 0.316. The molecule has 0 fully saturated rings. The van der Waals surface area contributed by atoms with Gasteiger partial charge in [0, 0.05) is 30.8 Å². The highest BCUT2D eigenvalue weighted by molar-refractivity contribution is 7.92. The van der Waals surface area contributed by atoms with Gasteiger partial charge in [-0.15, -0.1) is 0 Å². The number of hydrogen-bond donors (Lipinski definition) is 4. The van der Waals surface area contributed by atoms with E-state index in [0.29, 0.717) is 12.2 Å². The molecule has 0 aromatic heterocycles. The molecule has 0 aliphatic heterocycles. The lowest BCUT2D eigenvalue weighted by molar-refractivity contribution is 0.0825. The second kappa shape index (κ2) is 17.1. The minimum absolute atomic E-state index is 0.0574. The molecule has 0 heterocycles. The van der Waals surface area contributed by atoms with E-state index in [-0.39, 0.29) is 29.4 Å². The van der Waals surface area contributed by atoms with E-state index < -0.39 is 40.0 Å². The molecule has 4 rings (SSSR count). The van der Waals surface area contributed by atoms with Crippen molar-refractivity contribution in [3.05, 3.63) is 125 Å². The molecule has 50 heavy (non-hydrogen) atoms. The van der Waals surface area contributed by atoms with E-state index in [1.54, 1.807) is 20.3 Å². The standard InChI is InChI=1S/C38H46N4O7S/c1-25(28-15-17-33(48-4)18-16-28)39-24-36(43)35(19-27-11-8-7-9-12-27)41-38(45)31-20-30(21-32(22-31)42(3)50(6,46)47)37(44)40-26(2)29-13-10-14-34(23-29)49-5/h7-18,20-23,25-26,35-36,39,43H,19,24H2,1-6H3,(H,40,44)(H,41,45)/t25-,26-,35+,36-/m1/s1. The molecule has 0 radical (unpaired) electrons. The molecule has 0 aliphatic carbocycles. The van der Waals surface area contributed by atoms with Gasteiger partial charge in [0.1, 0.15) is 11.5 Å². The number of aliphatic hydroxyl groups excluding tert-OH is 1. The number of carbonyl (C=O) groups excluding carboxylic acids is 2. The number of carbonyl (C=O) groups is 2. The van der Waals surface area contributed by atoms with Gasteiger partial charge in [-0.1, -0.05) is 54.6 Å². The van der Waals surface area contributed by atoms with Crippen molar-refractivity contribution >= 4 is 27.5 Å². The van der Waals surface area contributed by atoms with E-state index in [4.69, 9.17) is 9.47 Å². The summed E-state index contributed by atoms with van der Waals surface area (Å²) in [7, 11) is 0.781. The van der Waals surface area contributed by atoms with Crippen molar-refractivity contribution in [2.45, 2.75) is 44.5 Å². The summed E-state index contributed by atoms with van der Waals surface area (Å²) < 4.78 is 36.6. The molecular weight excluding hydrogens is 657 g/mol. The average molecular weight is 703 g/mol. The maximum absolute atomic E-state index is 13.9. The first-order valence-corrected chi connectivity index (χ1v) is 18.1. The number of sulfonamides is 1. The van der Waals surface area contributed by atoms with Crippen molar-refractivity contribution in [1.82, 2.24) is 16.0 Å². The first-order chi connectivity index (χ1) is 23.8. The lowest BCUT2D eigenvalue weighted by Crippen LogP contribution is -2.49. The van der Waals surface area contributed by atoms with Gasteiger partial charge in [-0.25, -0.2) is 8.42 Å². The molecule has 0 saturated carbocycles. The van der Waals surface area contributed by atoms with E-state index in [0.717, 1.165) is 33.0 Å². The topological polar surface area (TPSA) is 146 Å². The zero-order chi connectivity index (χ0) is 36.4. The second-order valence-corrected chi connectivity index (χ2v) is 14.2. The summed E-state index contributed by atoms with van der Waals surface area (Å²) in [6, 6.07) is 27.3. The minimum Gasteiger partial charge on any atom is -0.497 e. The minimum atomic E-state index is -3.73. The van der Waals surface area contributed by atoms with E-state index in [1.807, 2.05) is 86.6 Å². The Labute approximate surface area is 294 Å². The lowest BCUT2D eigenvalue weighted by atomic mass is 9.99. The zero-order valence-corrected chi connectivity index (χ0v) is 30.0. The van der Waals surface area contributed by atoms with E-state index in [1.165, 1.54) is 25.2 Å². The van der Waals surface area contributed by atoms with Crippen LogP contribution in [0.2, 0.25) is 0 Å². The van der Waals surface area contributed by atoms with Crippen LogP contribution in [0.4, 0.5) is 5.69 Å². The second-order valence-electron chi connectivity index (χ2n) is 12.2.